The standard InChI is InChI=1S/C26H31N3O9S2/c1-5-36-20(30)10-8-9-19-22-24(28-40(34,35)17-13-11-16(4)12-14-17)27-26(33)29(22)18(15-21(31)37-6-2)23(39-19)25(32)38-7-3/h11-15,23H,5-10H2,1-4H3,(H,27,28,33)/b18-15-. The van der Waals surface area contributed by atoms with E-state index in [0.717, 1.165) is 28.3 Å². The number of esters is 3. The summed E-state index contributed by atoms with van der Waals surface area (Å²) >= 11 is 0.986. The summed E-state index contributed by atoms with van der Waals surface area (Å²) in [5.74, 6) is -2.22. The molecule has 3 rings (SSSR count). The molecule has 12 nitrogen and oxygen atoms in total. The van der Waals surface area contributed by atoms with E-state index < -0.39 is 39.2 Å². The Hall–Kier alpha value is -3.65. The van der Waals surface area contributed by atoms with Gasteiger partial charge in [0.05, 0.1) is 30.4 Å². The second-order valence-electron chi connectivity index (χ2n) is 8.50. The topological polar surface area (TPSA) is 158 Å². The SMILES string of the molecule is CCOC(=O)/C=C1/C(C(=O)OCC)SC(CCCC(=O)OCC)=C2/C(=N/S(=O)(=O)c3ccc(C)cc3)NC(=O)N21. The van der Waals surface area contributed by atoms with Gasteiger partial charge in [0.25, 0.3) is 10.0 Å². The van der Waals surface area contributed by atoms with Crippen LogP contribution >= 0.6 is 11.8 Å². The molecule has 2 aliphatic heterocycles. The van der Waals surface area contributed by atoms with Gasteiger partial charge in [0.2, 0.25) is 0 Å². The third-order valence-electron chi connectivity index (χ3n) is 5.60. The first-order chi connectivity index (χ1) is 19.0. The van der Waals surface area contributed by atoms with Gasteiger partial charge >= 0.3 is 23.9 Å². The fourth-order valence-corrected chi connectivity index (χ4v) is 6.15. The van der Waals surface area contributed by atoms with E-state index in [2.05, 4.69) is 9.71 Å². The van der Waals surface area contributed by atoms with Gasteiger partial charge in [-0.3, -0.25) is 19.8 Å². The number of fused-ring (bicyclic) bond motifs is 1. The van der Waals surface area contributed by atoms with Gasteiger partial charge in [-0.25, -0.2) is 9.59 Å². The van der Waals surface area contributed by atoms with Crippen molar-refractivity contribution < 1.29 is 41.8 Å². The molecule has 40 heavy (non-hydrogen) atoms. The summed E-state index contributed by atoms with van der Waals surface area (Å²) in [7, 11) is -4.26. The van der Waals surface area contributed by atoms with Crippen molar-refractivity contribution in [2.75, 3.05) is 19.8 Å². The summed E-state index contributed by atoms with van der Waals surface area (Å²) in [4.78, 5) is 51.9. The van der Waals surface area contributed by atoms with Gasteiger partial charge in [0, 0.05) is 17.4 Å². The Morgan fingerprint density at radius 2 is 1.70 bits per heavy atom. The highest BCUT2D eigenvalue weighted by atomic mass is 32.2. The van der Waals surface area contributed by atoms with Crippen LogP contribution in [0.2, 0.25) is 0 Å². The molecule has 0 aromatic heterocycles. The molecule has 0 spiro atoms. The number of hydrogen-bond acceptors (Lipinski definition) is 10. The lowest BCUT2D eigenvalue weighted by Crippen LogP contribution is -2.39. The molecule has 1 aromatic rings. The van der Waals surface area contributed by atoms with Crippen molar-refractivity contribution in [3.63, 3.8) is 0 Å². The highest BCUT2D eigenvalue weighted by Crippen LogP contribution is 2.44. The number of allylic oxidation sites excluding steroid dienone is 1. The number of carbonyl (C=O) groups excluding carboxylic acids is 4. The van der Waals surface area contributed by atoms with E-state index in [0.29, 0.717) is 4.91 Å². The molecule has 1 aromatic carbocycles. The van der Waals surface area contributed by atoms with Crippen LogP contribution in [-0.4, -0.2) is 68.2 Å². The Morgan fingerprint density at radius 1 is 1.05 bits per heavy atom. The van der Waals surface area contributed by atoms with Crippen molar-refractivity contribution in [1.29, 1.82) is 0 Å². The van der Waals surface area contributed by atoms with Crippen LogP contribution in [0.5, 0.6) is 0 Å². The van der Waals surface area contributed by atoms with Crippen LogP contribution in [0.1, 0.15) is 45.6 Å². The van der Waals surface area contributed by atoms with Crippen LogP contribution < -0.4 is 5.32 Å². The number of amidine groups is 1. The molecule has 2 aliphatic rings. The van der Waals surface area contributed by atoms with E-state index in [1.165, 1.54) is 12.1 Å². The van der Waals surface area contributed by atoms with Crippen LogP contribution in [0.3, 0.4) is 0 Å². The van der Waals surface area contributed by atoms with Gasteiger partial charge < -0.3 is 14.2 Å². The van der Waals surface area contributed by atoms with Gasteiger partial charge in [-0.2, -0.15) is 8.42 Å². The van der Waals surface area contributed by atoms with Crippen molar-refractivity contribution in [1.82, 2.24) is 10.2 Å². The van der Waals surface area contributed by atoms with Crippen molar-refractivity contribution in [3.8, 4) is 0 Å². The number of carbonyl (C=O) groups is 4. The lowest BCUT2D eigenvalue weighted by Gasteiger charge is -2.32. The monoisotopic (exact) mass is 593 g/mol. The number of sulfonamides is 1. The largest absolute Gasteiger partial charge is 0.466 e. The van der Waals surface area contributed by atoms with Crippen molar-refractivity contribution in [2.24, 2.45) is 4.40 Å². The summed E-state index contributed by atoms with van der Waals surface area (Å²) in [6, 6.07) is 5.22. The molecular formula is C26H31N3O9S2. The van der Waals surface area contributed by atoms with E-state index >= 15 is 0 Å². The van der Waals surface area contributed by atoms with E-state index in [1.807, 2.05) is 0 Å². The summed E-state index contributed by atoms with van der Waals surface area (Å²) in [6.07, 6.45) is 1.51. The molecule has 0 aliphatic carbocycles. The number of thioether (sulfide) groups is 1. The van der Waals surface area contributed by atoms with Crippen molar-refractivity contribution in [2.45, 2.75) is 57.1 Å². The number of ether oxygens (including phenoxy) is 3. The fraction of sp³-hybridized carbons (Fsp3) is 0.423. The molecule has 0 radical (unpaired) electrons. The fourth-order valence-electron chi connectivity index (χ4n) is 3.89. The molecule has 1 N–H and O–H groups in total. The van der Waals surface area contributed by atoms with Gasteiger partial charge in [-0.05, 0) is 52.7 Å². The average Bonchev–Trinajstić information content (AvgIpc) is 3.21. The predicted molar refractivity (Wildman–Crippen MR) is 146 cm³/mol. The Kier molecular flexibility index (Phi) is 10.5. The number of nitrogens with one attached hydrogen (secondary N) is 1. The molecule has 0 saturated carbocycles. The number of hydrogen-bond donors (Lipinski definition) is 1. The summed E-state index contributed by atoms with van der Waals surface area (Å²) in [6.45, 7) is 7.03. The summed E-state index contributed by atoms with van der Waals surface area (Å²) in [5, 5.41) is 1.31. The van der Waals surface area contributed by atoms with Crippen LogP contribution in [0.15, 0.2) is 55.9 Å². The zero-order valence-electron chi connectivity index (χ0n) is 22.6. The maximum atomic E-state index is 13.3. The molecular weight excluding hydrogens is 562 g/mol. The first-order valence-electron chi connectivity index (χ1n) is 12.7. The first kappa shape index (κ1) is 30.9. The molecule has 1 saturated heterocycles. The number of benzene rings is 1. The Bertz CT molecular complexity index is 1370. The molecule has 1 unspecified atom stereocenters. The van der Waals surface area contributed by atoms with Gasteiger partial charge in [-0.15, -0.1) is 16.2 Å². The average molecular weight is 594 g/mol. The highest BCUT2D eigenvalue weighted by Gasteiger charge is 2.47. The molecule has 1 fully saturated rings. The molecule has 1 atom stereocenters. The van der Waals surface area contributed by atoms with Crippen LogP contribution in [-0.2, 0) is 38.6 Å². The minimum absolute atomic E-state index is 0.0467. The third kappa shape index (κ3) is 7.30. The van der Waals surface area contributed by atoms with Gasteiger partial charge in [0.1, 0.15) is 10.9 Å². The molecule has 0 bridgehead atoms. The lowest BCUT2D eigenvalue weighted by molar-refractivity contribution is -0.143. The smallest absolute Gasteiger partial charge is 0.332 e. The zero-order valence-corrected chi connectivity index (χ0v) is 24.2. The Labute approximate surface area is 236 Å². The minimum Gasteiger partial charge on any atom is -0.466 e. The maximum absolute atomic E-state index is 13.3. The maximum Gasteiger partial charge on any atom is 0.332 e. The van der Waals surface area contributed by atoms with Gasteiger partial charge in [-0.1, -0.05) is 17.7 Å². The second-order valence-corrected chi connectivity index (χ2v) is 11.3. The number of urea groups is 1. The van der Waals surface area contributed by atoms with Crippen LogP contribution in [0.4, 0.5) is 4.79 Å². The molecule has 2 heterocycles. The summed E-state index contributed by atoms with van der Waals surface area (Å²) in [5.41, 5.74) is 0.841. The zero-order chi connectivity index (χ0) is 29.4. The second kappa shape index (κ2) is 13.6. The first-order valence-corrected chi connectivity index (χ1v) is 15.0. The molecule has 216 valence electrons. The van der Waals surface area contributed by atoms with E-state index in [4.69, 9.17) is 14.2 Å². The number of amides is 2. The van der Waals surface area contributed by atoms with Crippen molar-refractivity contribution >= 4 is 51.6 Å². The molecule has 2 amide bonds. The number of nitrogens with zero attached hydrogens (tertiary/aromatic N) is 2. The molecule has 14 heteroatoms. The van der Waals surface area contributed by atoms with Crippen molar-refractivity contribution in [3.05, 3.63) is 52.2 Å². The van der Waals surface area contributed by atoms with Crippen LogP contribution in [0.25, 0.3) is 0 Å². The lowest BCUT2D eigenvalue weighted by atomic mass is 10.1. The third-order valence-corrected chi connectivity index (χ3v) is 8.24. The Morgan fingerprint density at radius 3 is 2.33 bits per heavy atom. The normalized spacial score (nSPS) is 18.9. The quantitative estimate of drug-likeness (QED) is 0.229. The number of aryl methyl sites for hydroxylation is 1. The highest BCUT2D eigenvalue weighted by molar-refractivity contribution is 8.04. The Balaban J connectivity index is 2.15. The van der Waals surface area contributed by atoms with Crippen LogP contribution in [0, 0.1) is 6.92 Å². The van der Waals surface area contributed by atoms with E-state index in [-0.39, 0.29) is 61.2 Å². The van der Waals surface area contributed by atoms with E-state index in [9.17, 15) is 27.6 Å². The summed E-state index contributed by atoms with van der Waals surface area (Å²) < 4.78 is 45.4. The minimum atomic E-state index is -4.26. The van der Waals surface area contributed by atoms with Gasteiger partial charge in [0.15, 0.2) is 5.84 Å². The van der Waals surface area contributed by atoms with E-state index in [1.54, 1.807) is 39.8 Å². The number of rotatable bonds is 11. The predicted octanol–water partition coefficient (Wildman–Crippen LogP) is 3.18.